The van der Waals surface area contributed by atoms with Crippen molar-refractivity contribution in [2.24, 2.45) is 0 Å². The van der Waals surface area contributed by atoms with Crippen LogP contribution in [0.4, 0.5) is 18.9 Å². The molecule has 1 aromatic heterocycles. The van der Waals surface area contributed by atoms with Crippen LogP contribution in [-0.4, -0.2) is 16.1 Å². The molecule has 1 heterocycles. The zero-order chi connectivity index (χ0) is 15.8. The molecule has 2 N–H and O–H groups in total. The second-order valence-electron chi connectivity index (χ2n) is 4.45. The third-order valence-electron chi connectivity index (χ3n) is 2.89. The number of halogens is 4. The average molecular weight is 362 g/mol. The molecule has 0 aliphatic rings. The summed E-state index contributed by atoms with van der Waals surface area (Å²) in [5, 5.41) is 8.75. The van der Waals surface area contributed by atoms with Gasteiger partial charge in [0.05, 0.1) is 22.5 Å². The van der Waals surface area contributed by atoms with Gasteiger partial charge < -0.3 is 5.32 Å². The zero-order valence-electron chi connectivity index (χ0n) is 11.1. The molecule has 4 nitrogen and oxygen atoms in total. The van der Waals surface area contributed by atoms with Crippen LogP contribution in [0.5, 0.6) is 0 Å². The van der Waals surface area contributed by atoms with E-state index in [1.165, 1.54) is 12.1 Å². The first-order valence-corrected chi connectivity index (χ1v) is 6.69. The number of nitrogens with zero attached hydrogens (tertiary/aromatic N) is 1. The SMILES string of the molecule is Cc1n[nH]c(C)c1C(=O)Nc1ccc(Br)cc1C(F)(F)F. The molecule has 21 heavy (non-hydrogen) atoms. The standard InChI is InChI=1S/C13H11BrF3N3O/c1-6-11(7(2)20-19-6)12(21)18-10-4-3-8(14)5-9(10)13(15,16)17/h3-5H,1-2H3,(H,18,21)(H,19,20). The van der Waals surface area contributed by atoms with Crippen LogP contribution in [0.1, 0.15) is 27.3 Å². The van der Waals surface area contributed by atoms with Crippen LogP contribution in [0.25, 0.3) is 0 Å². The van der Waals surface area contributed by atoms with E-state index >= 15 is 0 Å². The summed E-state index contributed by atoms with van der Waals surface area (Å²) >= 11 is 2.99. The number of carbonyl (C=O) groups is 1. The van der Waals surface area contributed by atoms with Crippen molar-refractivity contribution in [3.05, 3.63) is 45.2 Å². The van der Waals surface area contributed by atoms with Crippen molar-refractivity contribution in [3.63, 3.8) is 0 Å². The van der Waals surface area contributed by atoms with Crippen LogP contribution >= 0.6 is 15.9 Å². The number of alkyl halides is 3. The summed E-state index contributed by atoms with van der Waals surface area (Å²) < 4.78 is 39.2. The van der Waals surface area contributed by atoms with E-state index < -0.39 is 17.6 Å². The van der Waals surface area contributed by atoms with Crippen molar-refractivity contribution in [2.45, 2.75) is 20.0 Å². The molecule has 0 saturated carbocycles. The summed E-state index contributed by atoms with van der Waals surface area (Å²) in [5.41, 5.74) is -0.0443. The highest BCUT2D eigenvalue weighted by molar-refractivity contribution is 9.10. The quantitative estimate of drug-likeness (QED) is 0.847. The minimum absolute atomic E-state index is 0.242. The van der Waals surface area contributed by atoms with Crippen molar-refractivity contribution in [2.75, 3.05) is 5.32 Å². The van der Waals surface area contributed by atoms with Gasteiger partial charge >= 0.3 is 6.18 Å². The lowest BCUT2D eigenvalue weighted by molar-refractivity contribution is -0.136. The largest absolute Gasteiger partial charge is 0.418 e. The number of carbonyl (C=O) groups excluding carboxylic acids is 1. The van der Waals surface area contributed by atoms with E-state index in [0.29, 0.717) is 11.4 Å². The summed E-state index contributed by atoms with van der Waals surface area (Å²) in [7, 11) is 0. The minimum Gasteiger partial charge on any atom is -0.321 e. The Morgan fingerprint density at radius 1 is 1.33 bits per heavy atom. The number of rotatable bonds is 2. The number of nitrogens with one attached hydrogen (secondary N) is 2. The van der Waals surface area contributed by atoms with Gasteiger partial charge in [0.15, 0.2) is 0 Å². The van der Waals surface area contributed by atoms with Gasteiger partial charge in [0.25, 0.3) is 5.91 Å². The Kier molecular flexibility index (Phi) is 4.08. The Bertz CT molecular complexity index is 675. The second-order valence-corrected chi connectivity index (χ2v) is 5.37. The molecule has 1 amide bonds. The summed E-state index contributed by atoms with van der Waals surface area (Å²) in [6, 6.07) is 3.56. The number of aryl methyl sites for hydroxylation is 2. The normalized spacial score (nSPS) is 11.5. The Morgan fingerprint density at radius 3 is 2.52 bits per heavy atom. The smallest absolute Gasteiger partial charge is 0.321 e. The third kappa shape index (κ3) is 3.26. The van der Waals surface area contributed by atoms with E-state index in [4.69, 9.17) is 0 Å². The first-order valence-electron chi connectivity index (χ1n) is 5.90. The number of anilines is 1. The Morgan fingerprint density at radius 2 is 2.00 bits per heavy atom. The lowest BCUT2D eigenvalue weighted by Gasteiger charge is -2.14. The summed E-state index contributed by atoms with van der Waals surface area (Å²) in [6.45, 7) is 3.23. The van der Waals surface area contributed by atoms with E-state index in [1.807, 2.05) is 0 Å². The number of hydrogen-bond acceptors (Lipinski definition) is 2. The maximum Gasteiger partial charge on any atom is 0.418 e. The fourth-order valence-electron chi connectivity index (χ4n) is 1.93. The minimum atomic E-state index is -4.56. The van der Waals surface area contributed by atoms with Crippen molar-refractivity contribution in [3.8, 4) is 0 Å². The molecule has 0 radical (unpaired) electrons. The first-order chi connectivity index (χ1) is 9.70. The van der Waals surface area contributed by atoms with Crippen molar-refractivity contribution in [1.29, 1.82) is 0 Å². The first kappa shape index (κ1) is 15.6. The van der Waals surface area contributed by atoms with Crippen LogP contribution < -0.4 is 5.32 Å². The molecule has 0 atom stereocenters. The molecule has 2 rings (SSSR count). The molecule has 8 heteroatoms. The molecular weight excluding hydrogens is 351 g/mol. The maximum atomic E-state index is 13.0. The van der Waals surface area contributed by atoms with E-state index in [-0.39, 0.29) is 15.7 Å². The van der Waals surface area contributed by atoms with Crippen LogP contribution in [-0.2, 0) is 6.18 Å². The lowest BCUT2D eigenvalue weighted by atomic mass is 10.1. The van der Waals surface area contributed by atoms with E-state index in [0.717, 1.165) is 6.07 Å². The number of aromatic nitrogens is 2. The number of amides is 1. The van der Waals surface area contributed by atoms with Gasteiger partial charge in [-0.2, -0.15) is 18.3 Å². The molecule has 1 aromatic carbocycles. The number of H-pyrrole nitrogens is 1. The molecule has 0 aliphatic heterocycles. The fourth-order valence-corrected chi connectivity index (χ4v) is 2.29. The predicted molar refractivity (Wildman–Crippen MR) is 75.2 cm³/mol. The topological polar surface area (TPSA) is 57.8 Å². The van der Waals surface area contributed by atoms with Gasteiger partial charge in [0.1, 0.15) is 0 Å². The average Bonchev–Trinajstić information content (AvgIpc) is 2.70. The van der Waals surface area contributed by atoms with E-state index in [1.54, 1.807) is 13.8 Å². The summed E-state index contributed by atoms with van der Waals surface area (Å²) in [5.74, 6) is -0.633. The molecular formula is C13H11BrF3N3O. The number of hydrogen-bond donors (Lipinski definition) is 2. The lowest BCUT2D eigenvalue weighted by Crippen LogP contribution is -2.17. The molecule has 0 bridgehead atoms. The Labute approximate surface area is 126 Å². The number of aromatic amines is 1. The summed E-state index contributed by atoms with van der Waals surface area (Å²) in [4.78, 5) is 12.1. The van der Waals surface area contributed by atoms with Gasteiger partial charge in [-0.1, -0.05) is 15.9 Å². The highest BCUT2D eigenvalue weighted by Gasteiger charge is 2.34. The molecule has 0 spiro atoms. The molecule has 0 unspecified atom stereocenters. The third-order valence-corrected chi connectivity index (χ3v) is 3.38. The Balaban J connectivity index is 2.39. The summed E-state index contributed by atoms with van der Waals surface area (Å²) in [6.07, 6.45) is -4.56. The van der Waals surface area contributed by atoms with E-state index in [2.05, 4.69) is 31.4 Å². The van der Waals surface area contributed by atoms with Gasteiger partial charge in [0.2, 0.25) is 0 Å². The van der Waals surface area contributed by atoms with Gasteiger partial charge in [-0.05, 0) is 32.0 Å². The van der Waals surface area contributed by atoms with Crippen molar-refractivity contribution in [1.82, 2.24) is 10.2 Å². The molecule has 0 aliphatic carbocycles. The highest BCUT2D eigenvalue weighted by Crippen LogP contribution is 2.36. The molecule has 0 saturated heterocycles. The van der Waals surface area contributed by atoms with Crippen LogP contribution in [0.15, 0.2) is 22.7 Å². The predicted octanol–water partition coefficient (Wildman–Crippen LogP) is 4.06. The van der Waals surface area contributed by atoms with Crippen molar-refractivity contribution < 1.29 is 18.0 Å². The van der Waals surface area contributed by atoms with Gasteiger partial charge in [-0.3, -0.25) is 9.89 Å². The zero-order valence-corrected chi connectivity index (χ0v) is 12.7. The van der Waals surface area contributed by atoms with Gasteiger partial charge in [-0.25, -0.2) is 0 Å². The number of benzene rings is 1. The highest BCUT2D eigenvalue weighted by atomic mass is 79.9. The fraction of sp³-hybridized carbons (Fsp3) is 0.231. The van der Waals surface area contributed by atoms with Crippen LogP contribution in [0.2, 0.25) is 0 Å². The van der Waals surface area contributed by atoms with Gasteiger partial charge in [-0.15, -0.1) is 0 Å². The van der Waals surface area contributed by atoms with Crippen LogP contribution in [0.3, 0.4) is 0 Å². The molecule has 2 aromatic rings. The van der Waals surface area contributed by atoms with Gasteiger partial charge in [0, 0.05) is 10.2 Å². The van der Waals surface area contributed by atoms with E-state index in [9.17, 15) is 18.0 Å². The molecule has 0 fully saturated rings. The monoisotopic (exact) mass is 361 g/mol. The van der Waals surface area contributed by atoms with Crippen LogP contribution in [0, 0.1) is 13.8 Å². The van der Waals surface area contributed by atoms with Crippen molar-refractivity contribution >= 4 is 27.5 Å². The second kappa shape index (κ2) is 5.51. The Hall–Kier alpha value is -1.83. The molecule has 112 valence electrons. The maximum absolute atomic E-state index is 13.0.